The van der Waals surface area contributed by atoms with E-state index in [-0.39, 0.29) is 10.3 Å². The smallest absolute Gasteiger partial charge is 0.132 e. The second-order valence-electron chi connectivity index (χ2n) is 4.45. The highest BCUT2D eigenvalue weighted by Crippen LogP contribution is 2.55. The number of hydrogen-bond donors (Lipinski definition) is 0. The molecule has 0 bridgehead atoms. The average Bonchev–Trinajstić information content (AvgIpc) is 2.99. The van der Waals surface area contributed by atoms with Gasteiger partial charge in [-0.15, -0.1) is 0 Å². The van der Waals surface area contributed by atoms with Crippen molar-refractivity contribution >= 4 is 35.0 Å². The number of epoxide rings is 1. The van der Waals surface area contributed by atoms with E-state index in [0.29, 0.717) is 10.0 Å². The predicted molar refractivity (Wildman–Crippen MR) is 71.7 cm³/mol. The van der Waals surface area contributed by atoms with E-state index in [2.05, 4.69) is 20.1 Å². The van der Waals surface area contributed by atoms with Crippen LogP contribution in [0.15, 0.2) is 18.2 Å². The molecule has 0 aliphatic carbocycles. The SMILES string of the molecule is CSC(C)(C)C1(c2ccc(Cl)cc2Cl)CO1. The van der Waals surface area contributed by atoms with Gasteiger partial charge in [0, 0.05) is 20.4 Å². The number of halogens is 2. The predicted octanol–water partition coefficient (Wildman–Crippen LogP) is 4.36. The van der Waals surface area contributed by atoms with Gasteiger partial charge in [0.25, 0.3) is 0 Å². The summed E-state index contributed by atoms with van der Waals surface area (Å²) >= 11 is 13.9. The van der Waals surface area contributed by atoms with E-state index in [0.717, 1.165) is 12.2 Å². The molecule has 1 nitrogen and oxygen atoms in total. The number of ether oxygens (including phenoxy) is 1. The molecule has 0 amide bonds. The van der Waals surface area contributed by atoms with Crippen LogP contribution in [0, 0.1) is 0 Å². The lowest BCUT2D eigenvalue weighted by molar-refractivity contribution is 0.264. The van der Waals surface area contributed by atoms with E-state index in [1.54, 1.807) is 17.8 Å². The molecule has 2 rings (SSSR count). The third-order valence-electron chi connectivity index (χ3n) is 3.28. The Balaban J connectivity index is 2.45. The monoisotopic (exact) mass is 276 g/mol. The molecule has 88 valence electrons. The zero-order chi connectivity index (χ0) is 12.0. The van der Waals surface area contributed by atoms with Crippen molar-refractivity contribution in [1.29, 1.82) is 0 Å². The number of rotatable bonds is 3. The Morgan fingerprint density at radius 2 is 2.00 bits per heavy atom. The van der Waals surface area contributed by atoms with Crippen molar-refractivity contribution in [3.63, 3.8) is 0 Å². The van der Waals surface area contributed by atoms with E-state index in [1.807, 2.05) is 12.1 Å². The Kier molecular flexibility index (Phi) is 3.21. The van der Waals surface area contributed by atoms with Gasteiger partial charge in [-0.3, -0.25) is 0 Å². The van der Waals surface area contributed by atoms with E-state index in [1.165, 1.54) is 0 Å². The van der Waals surface area contributed by atoms with Crippen LogP contribution in [0.1, 0.15) is 19.4 Å². The molecule has 1 aliphatic rings. The molecule has 16 heavy (non-hydrogen) atoms. The van der Waals surface area contributed by atoms with Crippen molar-refractivity contribution in [3.05, 3.63) is 33.8 Å². The fourth-order valence-corrected chi connectivity index (χ4v) is 3.00. The molecule has 0 spiro atoms. The van der Waals surface area contributed by atoms with Gasteiger partial charge in [-0.1, -0.05) is 29.3 Å². The normalized spacial score (nSPS) is 24.6. The molecular weight excluding hydrogens is 263 g/mol. The largest absolute Gasteiger partial charge is 0.363 e. The summed E-state index contributed by atoms with van der Waals surface area (Å²) in [5, 5.41) is 1.35. The van der Waals surface area contributed by atoms with Crippen LogP contribution in [0.3, 0.4) is 0 Å². The molecule has 1 fully saturated rings. The lowest BCUT2D eigenvalue weighted by atomic mass is 9.88. The summed E-state index contributed by atoms with van der Waals surface area (Å²) in [7, 11) is 0. The third kappa shape index (κ3) is 1.86. The minimum Gasteiger partial charge on any atom is -0.363 e. The van der Waals surface area contributed by atoms with Gasteiger partial charge in [-0.05, 0) is 32.2 Å². The first-order chi connectivity index (χ1) is 7.43. The number of thioether (sulfide) groups is 1. The molecule has 1 heterocycles. The summed E-state index contributed by atoms with van der Waals surface area (Å²) in [6.07, 6.45) is 2.09. The highest BCUT2D eigenvalue weighted by Gasteiger charge is 2.58. The van der Waals surface area contributed by atoms with Gasteiger partial charge >= 0.3 is 0 Å². The summed E-state index contributed by atoms with van der Waals surface area (Å²) in [4.78, 5) is 0. The first kappa shape index (κ1) is 12.6. The van der Waals surface area contributed by atoms with Crippen LogP contribution in [0.25, 0.3) is 0 Å². The fourth-order valence-electron chi connectivity index (χ4n) is 1.88. The molecule has 1 atom stereocenters. The molecule has 0 radical (unpaired) electrons. The quantitative estimate of drug-likeness (QED) is 0.761. The molecule has 1 saturated heterocycles. The third-order valence-corrected chi connectivity index (χ3v) is 5.18. The van der Waals surface area contributed by atoms with Gasteiger partial charge < -0.3 is 4.74 Å². The second kappa shape index (κ2) is 4.09. The Hall–Kier alpha value is 0.110. The van der Waals surface area contributed by atoms with Crippen molar-refractivity contribution in [2.75, 3.05) is 12.9 Å². The molecule has 1 aromatic rings. The van der Waals surface area contributed by atoms with Crippen molar-refractivity contribution in [3.8, 4) is 0 Å². The topological polar surface area (TPSA) is 12.5 Å². The first-order valence-corrected chi connectivity index (χ1v) is 7.06. The Morgan fingerprint density at radius 1 is 1.38 bits per heavy atom. The van der Waals surface area contributed by atoms with Crippen LogP contribution < -0.4 is 0 Å². The van der Waals surface area contributed by atoms with E-state index < -0.39 is 0 Å². The second-order valence-corrected chi connectivity index (χ2v) is 6.73. The zero-order valence-corrected chi connectivity index (χ0v) is 11.8. The van der Waals surface area contributed by atoms with Gasteiger partial charge in [0.1, 0.15) is 5.60 Å². The Morgan fingerprint density at radius 3 is 2.44 bits per heavy atom. The minimum atomic E-state index is -0.256. The lowest BCUT2D eigenvalue weighted by Crippen LogP contribution is -2.34. The average molecular weight is 277 g/mol. The summed E-state index contributed by atoms with van der Waals surface area (Å²) < 4.78 is 5.71. The molecule has 0 N–H and O–H groups in total. The van der Waals surface area contributed by atoms with Crippen molar-refractivity contribution < 1.29 is 4.74 Å². The molecule has 0 aromatic heterocycles. The Labute approximate surface area is 110 Å². The number of benzene rings is 1. The zero-order valence-electron chi connectivity index (χ0n) is 9.51. The highest BCUT2D eigenvalue weighted by atomic mass is 35.5. The molecule has 1 aromatic carbocycles. The number of hydrogen-bond acceptors (Lipinski definition) is 2. The molecule has 0 saturated carbocycles. The van der Waals surface area contributed by atoms with Gasteiger partial charge in [0.05, 0.1) is 6.61 Å². The minimum absolute atomic E-state index is 0.00443. The summed E-state index contributed by atoms with van der Waals surface area (Å²) in [5.41, 5.74) is 0.784. The van der Waals surface area contributed by atoms with Crippen LogP contribution >= 0.6 is 35.0 Å². The van der Waals surface area contributed by atoms with Crippen LogP contribution in [-0.4, -0.2) is 17.6 Å². The van der Waals surface area contributed by atoms with Crippen LogP contribution in [0.4, 0.5) is 0 Å². The summed E-state index contributed by atoms with van der Waals surface area (Å²) in [6, 6.07) is 5.61. The van der Waals surface area contributed by atoms with Gasteiger partial charge in [-0.2, -0.15) is 11.8 Å². The maximum absolute atomic E-state index is 6.24. The molecular formula is C12H14Cl2OS. The van der Waals surface area contributed by atoms with Crippen LogP contribution in [-0.2, 0) is 10.3 Å². The van der Waals surface area contributed by atoms with Crippen LogP contribution in [0.5, 0.6) is 0 Å². The van der Waals surface area contributed by atoms with Crippen LogP contribution in [0.2, 0.25) is 10.0 Å². The standard InChI is InChI=1S/C12H14Cl2OS/c1-11(2,16-3)12(7-15-12)9-5-4-8(13)6-10(9)14/h4-6H,7H2,1-3H3. The van der Waals surface area contributed by atoms with Gasteiger partial charge in [-0.25, -0.2) is 0 Å². The first-order valence-electron chi connectivity index (χ1n) is 5.07. The van der Waals surface area contributed by atoms with Crippen molar-refractivity contribution in [2.24, 2.45) is 0 Å². The lowest BCUT2D eigenvalue weighted by Gasteiger charge is -2.31. The molecule has 4 heteroatoms. The van der Waals surface area contributed by atoms with Crippen molar-refractivity contribution in [2.45, 2.75) is 24.2 Å². The Bertz CT molecular complexity index is 413. The summed E-state index contributed by atoms with van der Waals surface area (Å²) in [6.45, 7) is 5.08. The maximum atomic E-state index is 6.24. The van der Waals surface area contributed by atoms with Crippen molar-refractivity contribution in [1.82, 2.24) is 0 Å². The molecule has 1 aliphatic heterocycles. The summed E-state index contributed by atoms with van der Waals surface area (Å²) in [5.74, 6) is 0. The van der Waals surface area contributed by atoms with Gasteiger partial charge in [0.15, 0.2) is 0 Å². The van der Waals surface area contributed by atoms with Gasteiger partial charge in [0.2, 0.25) is 0 Å². The maximum Gasteiger partial charge on any atom is 0.132 e. The van der Waals surface area contributed by atoms with E-state index in [4.69, 9.17) is 27.9 Å². The highest BCUT2D eigenvalue weighted by molar-refractivity contribution is 8.00. The van der Waals surface area contributed by atoms with E-state index >= 15 is 0 Å². The fraction of sp³-hybridized carbons (Fsp3) is 0.500. The molecule has 1 unspecified atom stereocenters. The van der Waals surface area contributed by atoms with E-state index in [9.17, 15) is 0 Å².